The van der Waals surface area contributed by atoms with Gasteiger partial charge in [-0.2, -0.15) is 0 Å². The molecular weight excluding hydrogens is 1770 g/mol. The Labute approximate surface area is 825 Å². The zero-order chi connectivity index (χ0) is 94.7. The molecule has 0 bridgehead atoms. The summed E-state index contributed by atoms with van der Waals surface area (Å²) in [7, 11) is 0. The molecule has 674 valence electrons. The molecule has 22 aromatic carbocycles. The van der Waals surface area contributed by atoms with E-state index in [1.807, 2.05) is 54.6 Å². The highest BCUT2D eigenvalue weighted by atomic mass is 16.3. The van der Waals surface area contributed by atoms with Crippen molar-refractivity contribution in [2.24, 2.45) is 0 Å². The number of hydrogen-bond acceptors (Lipinski definition) is 7. The number of aromatic nitrogens is 10. The van der Waals surface area contributed by atoms with Gasteiger partial charge in [0.2, 0.25) is 11.9 Å². The normalized spacial score (nSPS) is 12.1. The van der Waals surface area contributed by atoms with E-state index in [2.05, 4.69) is 446 Å². The van der Waals surface area contributed by atoms with Crippen LogP contribution in [0.1, 0.15) is 0 Å². The highest BCUT2D eigenvalue weighted by molar-refractivity contribution is 6.31. The van der Waals surface area contributed by atoms with Crippen LogP contribution in [0.5, 0.6) is 0 Å². The van der Waals surface area contributed by atoms with Crippen LogP contribution in [0.15, 0.2) is 486 Å². The van der Waals surface area contributed by atoms with Crippen LogP contribution in [0.3, 0.4) is 0 Å². The minimum absolute atomic E-state index is 0.622. The first-order valence-electron chi connectivity index (χ1n) is 49.1. The van der Waals surface area contributed by atoms with E-state index in [1.165, 1.54) is 97.9 Å². The molecule has 0 radical (unpaired) electrons. The molecule has 0 amide bonds. The second-order valence-electron chi connectivity index (χ2n) is 37.7. The summed E-state index contributed by atoms with van der Waals surface area (Å²) in [6.45, 7) is 0. The van der Waals surface area contributed by atoms with Gasteiger partial charge in [0.25, 0.3) is 0 Å². The molecule has 13 heteroatoms. The summed E-state index contributed by atoms with van der Waals surface area (Å²) in [5.74, 6) is 1.27. The highest BCUT2D eigenvalue weighted by Crippen LogP contribution is 2.51. The number of furan rings is 3. The molecule has 11 aromatic heterocycles. The molecule has 0 aliphatic carbocycles. The van der Waals surface area contributed by atoms with Crippen molar-refractivity contribution in [2.45, 2.75) is 0 Å². The first-order chi connectivity index (χ1) is 72.0. The van der Waals surface area contributed by atoms with Crippen molar-refractivity contribution in [1.29, 1.82) is 0 Å². The molecule has 0 saturated carbocycles. The lowest BCUT2D eigenvalue weighted by Gasteiger charge is -2.14. The number of rotatable bonds is 8. The van der Waals surface area contributed by atoms with Gasteiger partial charge in [-0.1, -0.05) is 309 Å². The Morgan fingerprint density at radius 1 is 0.159 bits per heavy atom. The molecule has 0 unspecified atom stereocenters. The van der Waals surface area contributed by atoms with Crippen molar-refractivity contribution in [1.82, 2.24) is 47.3 Å². The summed E-state index contributed by atoms with van der Waals surface area (Å²) in [5, 5.41) is 28.0. The zero-order valence-corrected chi connectivity index (χ0v) is 77.7. The lowest BCUT2D eigenvalue weighted by molar-refractivity contribution is 0.669. The van der Waals surface area contributed by atoms with Gasteiger partial charge in [0.15, 0.2) is 0 Å². The maximum Gasteiger partial charge on any atom is 0.235 e. The van der Waals surface area contributed by atoms with Crippen LogP contribution >= 0.6 is 0 Å². The van der Waals surface area contributed by atoms with Gasteiger partial charge in [0.1, 0.15) is 33.5 Å². The van der Waals surface area contributed by atoms with Gasteiger partial charge in [-0.05, 0) is 180 Å². The van der Waals surface area contributed by atoms with Crippen molar-refractivity contribution in [3.63, 3.8) is 0 Å². The summed E-state index contributed by atoms with van der Waals surface area (Å²) in [4.78, 5) is 21.2. The Balaban J connectivity index is 0.0000000990. The standard InChI is InChI=1S/2C44H26N4O.C44H26N2O/c1-3-13-27(14-4-1)42-31-18-7-10-20-35(31)45-44(46-42)48-36-21-11-8-17-29(36)33-25-34-30-23-24-40-41(32-19-9-12-22-39(32)49-40)43(30)47(37(34)26-38(33)48)28-15-5-2-6-16-28;1-3-13-27(14-4-1)42-31-18-7-10-20-35(31)45-44(46-42)48-38-26-37-33(29-17-8-11-21-36(29)47(37)28-15-5-2-6-16-28)25-34(38)30-23-24-40-41(43(30)48)32-19-9-12-22-39(32)49-40;1-2-13-28(14-3-1)45-39-26-40-35(25-36(39)33-22-23-42-43(44(33)45)34-19-9-11-21-41(34)47-42)32-18-8-10-20-37(32)46(40)38-24-27-12-4-5-15-29(27)30-16-6-7-17-31(30)38/h2*1-26H;1-26H. The van der Waals surface area contributed by atoms with E-state index < -0.39 is 0 Å². The van der Waals surface area contributed by atoms with Gasteiger partial charge in [0, 0.05) is 125 Å². The Hall–Kier alpha value is -19.8. The van der Waals surface area contributed by atoms with Crippen LogP contribution in [0, 0.1) is 0 Å². The molecule has 33 rings (SSSR count). The summed E-state index contributed by atoms with van der Waals surface area (Å²) in [6, 6.07) is 168. The molecule has 0 aliphatic rings. The molecular formula is C132H78N10O3. The lowest BCUT2D eigenvalue weighted by Crippen LogP contribution is -2.04. The molecule has 0 aliphatic heterocycles. The summed E-state index contributed by atoms with van der Waals surface area (Å²) >= 11 is 0. The topological polar surface area (TPSA) is 121 Å². The number of nitrogens with zero attached hydrogens (tertiary/aromatic N) is 10. The second kappa shape index (κ2) is 31.4. The van der Waals surface area contributed by atoms with Crippen LogP contribution in [-0.4, -0.2) is 47.3 Å². The van der Waals surface area contributed by atoms with Crippen molar-refractivity contribution in [3.8, 4) is 57.2 Å². The Kier molecular flexibility index (Phi) is 17.4. The fourth-order valence-electron chi connectivity index (χ4n) is 23.7. The van der Waals surface area contributed by atoms with Crippen LogP contribution in [-0.2, 0) is 0 Å². The Morgan fingerprint density at radius 2 is 0.455 bits per heavy atom. The Morgan fingerprint density at radius 3 is 0.897 bits per heavy atom. The largest absolute Gasteiger partial charge is 0.456 e. The number of hydrogen-bond donors (Lipinski definition) is 0. The van der Waals surface area contributed by atoms with Crippen LogP contribution in [0.4, 0.5) is 0 Å². The van der Waals surface area contributed by atoms with Crippen molar-refractivity contribution < 1.29 is 13.3 Å². The third-order valence-corrected chi connectivity index (χ3v) is 29.9. The van der Waals surface area contributed by atoms with E-state index in [9.17, 15) is 0 Å². The summed E-state index contributed by atoms with van der Waals surface area (Å²) < 4.78 is 33.4. The van der Waals surface area contributed by atoms with Gasteiger partial charge in [0.05, 0.1) is 110 Å². The minimum Gasteiger partial charge on any atom is -0.456 e. The third kappa shape index (κ3) is 12.0. The second-order valence-corrected chi connectivity index (χ2v) is 37.7. The fourth-order valence-corrected chi connectivity index (χ4v) is 23.7. The fraction of sp³-hybridized carbons (Fsp3) is 0. The minimum atomic E-state index is 0.622. The molecule has 11 heterocycles. The molecule has 0 saturated heterocycles. The molecule has 145 heavy (non-hydrogen) atoms. The SMILES string of the molecule is c1ccc(-c2nc(-n3c4cc5c(cc4c4ccc6oc7ccccc7c6c43)c3ccccc3n5-c3ccccc3)nc3ccccc23)cc1.c1ccc(-c2nc(-n3c4ccccc4c4cc5c6ccc7oc8ccccc8c7c6n(-c6ccccc6)c5cc43)nc3ccccc23)cc1.c1ccc(-n2c3cc4c(cc3c3ccc5oc6ccccc6c5c32)c2ccccc2n4-c2cc3ccccc3c3ccccc23)cc1. The molecule has 0 N–H and O–H groups in total. The van der Waals surface area contributed by atoms with Gasteiger partial charge in [-0.25, -0.2) is 19.9 Å². The number of fused-ring (bicyclic) bond motifs is 35. The quantitative estimate of drug-likeness (QED) is 0.139. The average Bonchev–Trinajstić information content (AvgIpc) is 1.54. The average molecular weight is 1850 g/mol. The molecule has 0 spiro atoms. The van der Waals surface area contributed by atoms with E-state index in [1.54, 1.807) is 0 Å². The van der Waals surface area contributed by atoms with E-state index in [0.29, 0.717) is 11.9 Å². The van der Waals surface area contributed by atoms with Crippen LogP contribution in [0.2, 0.25) is 0 Å². The maximum absolute atomic E-state index is 6.45. The van der Waals surface area contributed by atoms with Gasteiger partial charge < -0.3 is 31.5 Å². The van der Waals surface area contributed by atoms with Crippen molar-refractivity contribution >= 4 is 240 Å². The van der Waals surface area contributed by atoms with Gasteiger partial charge in [-0.3, -0.25) is 9.13 Å². The predicted molar refractivity (Wildman–Crippen MR) is 599 cm³/mol. The summed E-state index contributed by atoms with van der Waals surface area (Å²) in [5.41, 5.74) is 29.0. The molecule has 13 nitrogen and oxygen atoms in total. The first kappa shape index (κ1) is 80.2. The highest BCUT2D eigenvalue weighted by Gasteiger charge is 2.30. The third-order valence-electron chi connectivity index (χ3n) is 29.9. The van der Waals surface area contributed by atoms with E-state index in [-0.39, 0.29) is 0 Å². The molecule has 33 aromatic rings. The van der Waals surface area contributed by atoms with E-state index in [0.717, 1.165) is 187 Å². The zero-order valence-electron chi connectivity index (χ0n) is 77.7. The lowest BCUT2D eigenvalue weighted by atomic mass is 10.00. The van der Waals surface area contributed by atoms with Crippen LogP contribution < -0.4 is 0 Å². The smallest absolute Gasteiger partial charge is 0.235 e. The van der Waals surface area contributed by atoms with Crippen molar-refractivity contribution in [2.75, 3.05) is 0 Å². The summed E-state index contributed by atoms with van der Waals surface area (Å²) in [6.07, 6.45) is 0. The van der Waals surface area contributed by atoms with Gasteiger partial charge >= 0.3 is 0 Å². The Bertz CT molecular complexity index is 11300. The first-order valence-corrected chi connectivity index (χ1v) is 49.1. The maximum atomic E-state index is 6.45. The van der Waals surface area contributed by atoms with E-state index in [4.69, 9.17) is 33.2 Å². The van der Waals surface area contributed by atoms with Gasteiger partial charge in [-0.15, -0.1) is 0 Å². The molecule has 0 fully saturated rings. The van der Waals surface area contributed by atoms with Crippen molar-refractivity contribution in [3.05, 3.63) is 473 Å². The van der Waals surface area contributed by atoms with E-state index >= 15 is 0 Å². The van der Waals surface area contributed by atoms with Crippen LogP contribution in [0.25, 0.3) is 297 Å². The predicted octanol–water partition coefficient (Wildman–Crippen LogP) is 34.9. The monoisotopic (exact) mass is 1850 g/mol. The number of benzene rings is 22. The molecule has 0 atom stereocenters. The number of para-hydroxylation sites is 11.